The van der Waals surface area contributed by atoms with Gasteiger partial charge in [0, 0.05) is 30.8 Å². The first-order chi connectivity index (χ1) is 15.0. The Hall–Kier alpha value is -4.19. The number of carbonyl (C=O) groups excluding carboxylic acids is 1. The van der Waals surface area contributed by atoms with E-state index in [0.29, 0.717) is 25.2 Å². The van der Waals surface area contributed by atoms with Gasteiger partial charge in [0.2, 0.25) is 0 Å². The second kappa shape index (κ2) is 12.4. The molecule has 1 amide bonds. The highest BCUT2D eigenvalue weighted by Gasteiger charge is 2.16. The molecule has 31 heavy (non-hydrogen) atoms. The van der Waals surface area contributed by atoms with Gasteiger partial charge < -0.3 is 15.1 Å². The van der Waals surface area contributed by atoms with Crippen molar-refractivity contribution in [3.63, 3.8) is 0 Å². The Kier molecular flexibility index (Phi) is 9.23. The molecule has 3 aromatic carbocycles. The average molecular weight is 417 g/mol. The number of hydrogen-bond donors (Lipinski definition) is 2. The van der Waals surface area contributed by atoms with E-state index in [9.17, 15) is 14.4 Å². The van der Waals surface area contributed by atoms with Crippen LogP contribution in [0.2, 0.25) is 0 Å². The van der Waals surface area contributed by atoms with Crippen LogP contribution in [-0.2, 0) is 22.7 Å². The molecule has 0 radical (unpaired) electrons. The number of carboxylic acid groups (broad SMARTS) is 2. The molecule has 2 N–H and O–H groups in total. The summed E-state index contributed by atoms with van der Waals surface area (Å²) in [5.41, 5.74) is 2.99. The third-order valence-corrected chi connectivity index (χ3v) is 4.11. The molecule has 0 heterocycles. The first-order valence-electron chi connectivity index (χ1n) is 9.52. The standard InChI is InChI=1S/C21H19NO.C4H4O4/c23-21(20-14-8-3-9-15-20)22(16-18-10-4-1-5-11-18)17-19-12-6-2-7-13-19;5-3(6)1-2-4(7)8/h1-15H,16-17H2;1-2H,(H,5,6)(H,7,8)/b;2-1-. The van der Waals surface area contributed by atoms with Crippen LogP contribution in [0.5, 0.6) is 0 Å². The van der Waals surface area contributed by atoms with Crippen LogP contribution in [0.4, 0.5) is 0 Å². The molecular weight excluding hydrogens is 394 g/mol. The quantitative estimate of drug-likeness (QED) is 0.561. The Morgan fingerprint density at radius 1 is 0.613 bits per heavy atom. The number of rotatable bonds is 7. The van der Waals surface area contributed by atoms with Crippen LogP contribution in [-0.4, -0.2) is 33.0 Å². The molecule has 6 heteroatoms. The van der Waals surface area contributed by atoms with Crippen molar-refractivity contribution in [1.29, 1.82) is 0 Å². The molecule has 0 fully saturated rings. The van der Waals surface area contributed by atoms with Crippen molar-refractivity contribution in [2.75, 3.05) is 0 Å². The lowest BCUT2D eigenvalue weighted by Gasteiger charge is -2.23. The van der Waals surface area contributed by atoms with E-state index in [2.05, 4.69) is 24.3 Å². The molecule has 0 unspecified atom stereocenters. The molecule has 3 aromatic rings. The fourth-order valence-corrected chi connectivity index (χ4v) is 2.71. The van der Waals surface area contributed by atoms with Gasteiger partial charge >= 0.3 is 11.9 Å². The first kappa shape index (κ1) is 23.1. The van der Waals surface area contributed by atoms with E-state index in [1.165, 1.54) is 0 Å². The SMILES string of the molecule is O=C(O)/C=C\C(=O)O.O=C(c1ccccc1)N(Cc1ccccc1)Cc1ccccc1. The number of carboxylic acids is 2. The second-order valence-corrected chi connectivity index (χ2v) is 6.51. The van der Waals surface area contributed by atoms with Gasteiger partial charge in [-0.25, -0.2) is 9.59 Å². The highest BCUT2D eigenvalue weighted by molar-refractivity contribution is 5.94. The topological polar surface area (TPSA) is 94.9 Å². The van der Waals surface area contributed by atoms with E-state index in [1.54, 1.807) is 0 Å². The summed E-state index contributed by atoms with van der Waals surface area (Å²) < 4.78 is 0. The molecule has 0 saturated heterocycles. The summed E-state index contributed by atoms with van der Waals surface area (Å²) >= 11 is 0. The van der Waals surface area contributed by atoms with Gasteiger partial charge in [0.05, 0.1) is 0 Å². The lowest BCUT2D eigenvalue weighted by Crippen LogP contribution is -2.30. The second-order valence-electron chi connectivity index (χ2n) is 6.51. The van der Waals surface area contributed by atoms with Gasteiger partial charge in [-0.1, -0.05) is 78.9 Å². The lowest BCUT2D eigenvalue weighted by molar-refractivity contribution is -0.134. The van der Waals surface area contributed by atoms with Crippen molar-refractivity contribution in [2.45, 2.75) is 13.1 Å². The third kappa shape index (κ3) is 8.79. The van der Waals surface area contributed by atoms with E-state index in [1.807, 2.05) is 71.6 Å². The normalized spacial score (nSPS) is 10.1. The summed E-state index contributed by atoms with van der Waals surface area (Å²) in [4.78, 5) is 33.9. The van der Waals surface area contributed by atoms with Gasteiger partial charge in [-0.3, -0.25) is 4.79 Å². The van der Waals surface area contributed by atoms with Gasteiger partial charge in [-0.05, 0) is 23.3 Å². The summed E-state index contributed by atoms with van der Waals surface area (Å²) in [6.07, 6.45) is 1.12. The Balaban J connectivity index is 0.000000366. The van der Waals surface area contributed by atoms with Gasteiger partial charge in [0.15, 0.2) is 0 Å². The van der Waals surface area contributed by atoms with Crippen LogP contribution in [0.15, 0.2) is 103 Å². The van der Waals surface area contributed by atoms with Gasteiger partial charge in [-0.2, -0.15) is 0 Å². The minimum Gasteiger partial charge on any atom is -0.478 e. The Bertz CT molecular complexity index is 944. The van der Waals surface area contributed by atoms with Crippen LogP contribution in [0.25, 0.3) is 0 Å². The van der Waals surface area contributed by atoms with Crippen LogP contribution < -0.4 is 0 Å². The van der Waals surface area contributed by atoms with E-state index >= 15 is 0 Å². The summed E-state index contributed by atoms with van der Waals surface area (Å²) in [6, 6.07) is 29.7. The molecule has 158 valence electrons. The molecule has 0 bridgehead atoms. The molecule has 0 aliphatic carbocycles. The van der Waals surface area contributed by atoms with Crippen LogP contribution in [0, 0.1) is 0 Å². The molecule has 0 aliphatic heterocycles. The van der Waals surface area contributed by atoms with Crippen LogP contribution in [0.3, 0.4) is 0 Å². The van der Waals surface area contributed by atoms with Crippen LogP contribution >= 0.6 is 0 Å². The van der Waals surface area contributed by atoms with Gasteiger partial charge in [0.1, 0.15) is 0 Å². The third-order valence-electron chi connectivity index (χ3n) is 4.11. The molecular formula is C25H23NO5. The van der Waals surface area contributed by atoms with E-state index in [0.717, 1.165) is 16.7 Å². The lowest BCUT2D eigenvalue weighted by atomic mass is 10.1. The monoisotopic (exact) mass is 417 g/mol. The van der Waals surface area contributed by atoms with Crippen molar-refractivity contribution in [1.82, 2.24) is 4.90 Å². The maximum absolute atomic E-state index is 12.9. The van der Waals surface area contributed by atoms with Crippen molar-refractivity contribution >= 4 is 17.8 Å². The number of benzene rings is 3. The predicted octanol–water partition coefficient (Wildman–Crippen LogP) is 4.24. The molecule has 0 aliphatic rings. The maximum Gasteiger partial charge on any atom is 0.328 e. The zero-order valence-electron chi connectivity index (χ0n) is 16.8. The van der Waals surface area contributed by atoms with Gasteiger partial charge in [-0.15, -0.1) is 0 Å². The zero-order chi connectivity index (χ0) is 22.5. The average Bonchev–Trinajstić information content (AvgIpc) is 2.79. The Morgan fingerprint density at radius 2 is 0.968 bits per heavy atom. The molecule has 3 rings (SSSR count). The van der Waals surface area contributed by atoms with Crippen molar-refractivity contribution in [2.24, 2.45) is 0 Å². The van der Waals surface area contributed by atoms with Gasteiger partial charge in [0.25, 0.3) is 5.91 Å². The maximum atomic E-state index is 12.9. The molecule has 0 spiro atoms. The smallest absolute Gasteiger partial charge is 0.328 e. The molecule has 6 nitrogen and oxygen atoms in total. The highest BCUT2D eigenvalue weighted by atomic mass is 16.4. The van der Waals surface area contributed by atoms with E-state index in [4.69, 9.17) is 10.2 Å². The first-order valence-corrected chi connectivity index (χ1v) is 9.52. The highest BCUT2D eigenvalue weighted by Crippen LogP contribution is 2.14. The number of nitrogens with zero attached hydrogens (tertiary/aromatic N) is 1. The van der Waals surface area contributed by atoms with Crippen molar-refractivity contribution in [3.8, 4) is 0 Å². The largest absolute Gasteiger partial charge is 0.478 e. The molecule has 0 saturated carbocycles. The number of amides is 1. The summed E-state index contributed by atoms with van der Waals surface area (Å²) in [5, 5.41) is 15.6. The fraction of sp³-hybridized carbons (Fsp3) is 0.0800. The fourth-order valence-electron chi connectivity index (χ4n) is 2.71. The zero-order valence-corrected chi connectivity index (χ0v) is 16.8. The summed E-state index contributed by atoms with van der Waals surface area (Å²) in [6.45, 7) is 1.20. The van der Waals surface area contributed by atoms with E-state index < -0.39 is 11.9 Å². The summed E-state index contributed by atoms with van der Waals surface area (Å²) in [7, 11) is 0. The van der Waals surface area contributed by atoms with Crippen LogP contribution in [0.1, 0.15) is 21.5 Å². The Labute approximate surface area is 180 Å². The number of aliphatic carboxylic acids is 2. The number of carbonyl (C=O) groups is 3. The predicted molar refractivity (Wildman–Crippen MR) is 117 cm³/mol. The minimum atomic E-state index is -1.26. The molecule has 0 atom stereocenters. The number of hydrogen-bond acceptors (Lipinski definition) is 3. The van der Waals surface area contributed by atoms with E-state index in [-0.39, 0.29) is 5.91 Å². The van der Waals surface area contributed by atoms with Crippen molar-refractivity contribution < 1.29 is 24.6 Å². The summed E-state index contributed by atoms with van der Waals surface area (Å²) in [5.74, 6) is -2.46. The molecule has 0 aromatic heterocycles. The Morgan fingerprint density at radius 3 is 1.32 bits per heavy atom. The van der Waals surface area contributed by atoms with Crippen molar-refractivity contribution in [3.05, 3.63) is 120 Å². The minimum absolute atomic E-state index is 0.0540.